The highest BCUT2D eigenvalue weighted by molar-refractivity contribution is 7.91. The van der Waals surface area contributed by atoms with Crippen molar-refractivity contribution >= 4 is 54.6 Å². The van der Waals surface area contributed by atoms with Crippen LogP contribution in [0.1, 0.15) is 0 Å². The fraction of sp³-hybridized carbons (Fsp3) is 0. The molecule has 4 rings (SSSR count). The molecule has 0 bridgehead atoms. The first-order valence-corrected chi connectivity index (χ1v) is 9.81. The summed E-state index contributed by atoms with van der Waals surface area (Å²) < 4.78 is 26.0. The van der Waals surface area contributed by atoms with Gasteiger partial charge in [0.1, 0.15) is 0 Å². The molecule has 0 saturated heterocycles. The second-order valence-electron chi connectivity index (χ2n) is 5.81. The second kappa shape index (κ2) is 6.03. The van der Waals surface area contributed by atoms with Crippen LogP contribution in [0.25, 0.3) is 21.5 Å². The fourth-order valence-electron chi connectivity index (χ4n) is 2.86. The Morgan fingerprint density at radius 3 is 1.32 bits per heavy atom. The lowest BCUT2D eigenvalue weighted by Gasteiger charge is -2.08. The summed E-state index contributed by atoms with van der Waals surface area (Å²) in [7, 11) is -3.61. The molecule has 0 N–H and O–H groups in total. The molecule has 124 valence electrons. The monoisotopic (exact) mass is 386 g/mol. The summed E-state index contributed by atoms with van der Waals surface area (Å²) in [6.07, 6.45) is 0. The van der Waals surface area contributed by atoms with Crippen LogP contribution in [0, 0.1) is 0 Å². The number of hydrogen-bond donors (Lipinski definition) is 0. The van der Waals surface area contributed by atoms with E-state index < -0.39 is 9.84 Å². The Kier molecular flexibility index (Phi) is 3.95. The SMILES string of the molecule is O=S(=O)(c1ccc2cc(Cl)ccc2c1)c1ccc2cc(Cl)ccc2c1. The molecular weight excluding hydrogens is 375 g/mol. The van der Waals surface area contributed by atoms with Crippen LogP contribution < -0.4 is 0 Å². The minimum Gasteiger partial charge on any atom is -0.219 e. The number of benzene rings is 4. The molecule has 0 aromatic heterocycles. The van der Waals surface area contributed by atoms with Gasteiger partial charge in [-0.15, -0.1) is 0 Å². The third-order valence-electron chi connectivity index (χ3n) is 4.17. The zero-order chi connectivity index (χ0) is 17.6. The minimum atomic E-state index is -3.61. The smallest absolute Gasteiger partial charge is 0.206 e. The van der Waals surface area contributed by atoms with Gasteiger partial charge in [0, 0.05) is 10.0 Å². The molecule has 2 nitrogen and oxygen atoms in total. The molecule has 0 radical (unpaired) electrons. The van der Waals surface area contributed by atoms with E-state index in [0.29, 0.717) is 10.0 Å². The molecule has 4 aromatic rings. The summed E-state index contributed by atoms with van der Waals surface area (Å²) in [6.45, 7) is 0. The molecular formula is C20H12Cl2O2S. The minimum absolute atomic E-state index is 0.260. The van der Waals surface area contributed by atoms with E-state index in [2.05, 4.69) is 0 Å². The molecule has 0 aliphatic rings. The zero-order valence-electron chi connectivity index (χ0n) is 12.9. The van der Waals surface area contributed by atoms with Gasteiger partial charge in [-0.3, -0.25) is 0 Å². The van der Waals surface area contributed by atoms with Crippen molar-refractivity contribution in [3.05, 3.63) is 82.8 Å². The highest BCUT2D eigenvalue weighted by Crippen LogP contribution is 2.29. The molecule has 25 heavy (non-hydrogen) atoms. The van der Waals surface area contributed by atoms with Gasteiger partial charge >= 0.3 is 0 Å². The van der Waals surface area contributed by atoms with Crippen molar-refractivity contribution in [3.63, 3.8) is 0 Å². The van der Waals surface area contributed by atoms with E-state index in [9.17, 15) is 8.42 Å². The van der Waals surface area contributed by atoms with Crippen molar-refractivity contribution < 1.29 is 8.42 Å². The molecule has 0 amide bonds. The molecule has 0 saturated carbocycles. The van der Waals surface area contributed by atoms with Crippen LogP contribution >= 0.6 is 23.2 Å². The number of hydrogen-bond acceptors (Lipinski definition) is 2. The maximum absolute atomic E-state index is 13.0. The predicted molar refractivity (Wildman–Crippen MR) is 103 cm³/mol. The molecule has 0 fully saturated rings. The summed E-state index contributed by atoms with van der Waals surface area (Å²) in [5, 5.41) is 4.71. The van der Waals surface area contributed by atoms with Crippen molar-refractivity contribution in [2.75, 3.05) is 0 Å². The summed E-state index contributed by atoms with van der Waals surface area (Å²) in [5.41, 5.74) is 0. The van der Waals surface area contributed by atoms with Gasteiger partial charge < -0.3 is 0 Å². The largest absolute Gasteiger partial charge is 0.219 e. The van der Waals surface area contributed by atoms with Crippen LogP contribution in [-0.2, 0) is 9.84 Å². The quantitative estimate of drug-likeness (QED) is 0.415. The van der Waals surface area contributed by atoms with Crippen LogP contribution in [0.4, 0.5) is 0 Å². The number of halogens is 2. The Balaban J connectivity index is 1.86. The van der Waals surface area contributed by atoms with E-state index in [0.717, 1.165) is 21.5 Å². The van der Waals surface area contributed by atoms with E-state index in [1.54, 1.807) is 48.5 Å². The Labute approximate surface area is 155 Å². The highest BCUT2D eigenvalue weighted by atomic mass is 35.5. The predicted octanol–water partition coefficient (Wildman–Crippen LogP) is 6.13. The molecule has 0 atom stereocenters. The number of sulfone groups is 1. The summed E-state index contributed by atoms with van der Waals surface area (Å²) >= 11 is 12.0. The van der Waals surface area contributed by atoms with Gasteiger partial charge in [-0.1, -0.05) is 47.5 Å². The van der Waals surface area contributed by atoms with Crippen molar-refractivity contribution in [2.24, 2.45) is 0 Å². The summed E-state index contributed by atoms with van der Waals surface area (Å²) in [5.74, 6) is 0. The van der Waals surface area contributed by atoms with Gasteiger partial charge in [-0.05, 0) is 70.1 Å². The Hall–Kier alpha value is -2.07. The van der Waals surface area contributed by atoms with Crippen molar-refractivity contribution in [2.45, 2.75) is 9.79 Å². The van der Waals surface area contributed by atoms with E-state index in [4.69, 9.17) is 23.2 Å². The molecule has 4 aromatic carbocycles. The average Bonchev–Trinajstić information content (AvgIpc) is 2.60. The van der Waals surface area contributed by atoms with E-state index >= 15 is 0 Å². The molecule has 0 aliphatic carbocycles. The third kappa shape index (κ3) is 2.99. The molecule has 0 heterocycles. The lowest BCUT2D eigenvalue weighted by molar-refractivity contribution is 0.596. The first-order chi connectivity index (χ1) is 11.9. The second-order valence-corrected chi connectivity index (χ2v) is 8.63. The Morgan fingerprint density at radius 1 is 0.520 bits per heavy atom. The maximum atomic E-state index is 13.0. The van der Waals surface area contributed by atoms with Gasteiger partial charge in [0.2, 0.25) is 9.84 Å². The fourth-order valence-corrected chi connectivity index (χ4v) is 4.55. The van der Waals surface area contributed by atoms with Crippen LogP contribution in [0.2, 0.25) is 10.0 Å². The lowest BCUT2D eigenvalue weighted by atomic mass is 10.1. The van der Waals surface area contributed by atoms with Crippen LogP contribution in [-0.4, -0.2) is 8.42 Å². The summed E-state index contributed by atoms with van der Waals surface area (Å²) in [6, 6.07) is 20.9. The third-order valence-corrected chi connectivity index (χ3v) is 6.39. The number of fused-ring (bicyclic) bond motifs is 2. The van der Waals surface area contributed by atoms with Gasteiger partial charge in [-0.2, -0.15) is 0 Å². The standard InChI is InChI=1S/C20H12Cl2O2S/c21-17-5-1-15-11-19(7-3-13(15)9-17)25(23,24)20-8-4-14-10-18(22)6-2-16(14)12-20/h1-12H. The normalized spacial score (nSPS) is 11.9. The topological polar surface area (TPSA) is 34.1 Å². The first-order valence-electron chi connectivity index (χ1n) is 7.57. The van der Waals surface area contributed by atoms with Crippen molar-refractivity contribution in [1.82, 2.24) is 0 Å². The zero-order valence-corrected chi connectivity index (χ0v) is 15.2. The van der Waals surface area contributed by atoms with Crippen LogP contribution in [0.3, 0.4) is 0 Å². The van der Waals surface area contributed by atoms with Crippen molar-refractivity contribution in [3.8, 4) is 0 Å². The number of rotatable bonds is 2. The van der Waals surface area contributed by atoms with Gasteiger partial charge in [0.15, 0.2) is 0 Å². The molecule has 0 unspecified atom stereocenters. The Bertz CT molecular complexity index is 1140. The van der Waals surface area contributed by atoms with Crippen LogP contribution in [0.15, 0.2) is 82.6 Å². The average molecular weight is 387 g/mol. The van der Waals surface area contributed by atoms with Crippen LogP contribution in [0.5, 0.6) is 0 Å². The van der Waals surface area contributed by atoms with Gasteiger partial charge in [0.05, 0.1) is 9.79 Å². The highest BCUT2D eigenvalue weighted by Gasteiger charge is 2.18. The van der Waals surface area contributed by atoms with E-state index in [1.807, 2.05) is 24.3 Å². The lowest BCUT2D eigenvalue weighted by Crippen LogP contribution is -2.02. The van der Waals surface area contributed by atoms with Gasteiger partial charge in [-0.25, -0.2) is 8.42 Å². The molecule has 5 heteroatoms. The van der Waals surface area contributed by atoms with Gasteiger partial charge in [0.25, 0.3) is 0 Å². The van der Waals surface area contributed by atoms with E-state index in [1.165, 1.54) is 0 Å². The maximum Gasteiger partial charge on any atom is 0.206 e. The Morgan fingerprint density at radius 2 is 0.880 bits per heavy atom. The molecule has 0 spiro atoms. The molecule has 0 aliphatic heterocycles. The van der Waals surface area contributed by atoms with E-state index in [-0.39, 0.29) is 9.79 Å². The summed E-state index contributed by atoms with van der Waals surface area (Å²) in [4.78, 5) is 0.520. The first kappa shape index (κ1) is 16.4. The van der Waals surface area contributed by atoms with Crippen molar-refractivity contribution in [1.29, 1.82) is 0 Å².